The lowest BCUT2D eigenvalue weighted by molar-refractivity contribution is 0.219. The maximum Gasteiger partial charge on any atom is 0.335 e. The van der Waals surface area contributed by atoms with Crippen molar-refractivity contribution in [1.29, 1.82) is 0 Å². The van der Waals surface area contributed by atoms with Crippen LogP contribution in [0.25, 0.3) is 0 Å². The highest BCUT2D eigenvalue weighted by molar-refractivity contribution is 9.09. The average Bonchev–Trinajstić information content (AvgIpc) is 2.38. The third-order valence-corrected chi connectivity index (χ3v) is 4.68. The minimum absolute atomic E-state index is 0.285. The predicted molar refractivity (Wildman–Crippen MR) is 80.3 cm³/mol. The van der Waals surface area contributed by atoms with Gasteiger partial charge in [0.2, 0.25) is 0 Å². The van der Waals surface area contributed by atoms with Crippen molar-refractivity contribution >= 4 is 23.5 Å². The second kappa shape index (κ2) is 8.75. The van der Waals surface area contributed by atoms with Gasteiger partial charge in [0, 0.05) is 5.33 Å². The third kappa shape index (κ3) is 6.09. The fourth-order valence-electron chi connectivity index (χ4n) is 1.59. The highest BCUT2D eigenvalue weighted by Crippen LogP contribution is 2.51. The topological polar surface area (TPSA) is 44.8 Å². The van der Waals surface area contributed by atoms with Crippen molar-refractivity contribution in [1.82, 2.24) is 0 Å². The van der Waals surface area contributed by atoms with Crippen molar-refractivity contribution in [3.8, 4) is 5.75 Å². The van der Waals surface area contributed by atoms with Crippen LogP contribution in [0.5, 0.6) is 5.75 Å². The van der Waals surface area contributed by atoms with E-state index >= 15 is 0 Å². The fraction of sp³-hybridized carbons (Fsp3) is 0.538. The van der Waals surface area contributed by atoms with Crippen molar-refractivity contribution in [3.63, 3.8) is 0 Å². The molecule has 0 aliphatic carbocycles. The molecule has 6 heteroatoms. The normalized spacial score (nSPS) is 11.5. The van der Waals surface area contributed by atoms with Crippen LogP contribution in [0.3, 0.4) is 0 Å². The lowest BCUT2D eigenvalue weighted by Crippen LogP contribution is -2.00. The van der Waals surface area contributed by atoms with E-state index in [1.54, 1.807) is 0 Å². The summed E-state index contributed by atoms with van der Waals surface area (Å²) in [6, 6.07) is 7.49. The molecule has 108 valence electrons. The number of hydrogen-bond acceptors (Lipinski definition) is 4. The zero-order valence-corrected chi connectivity index (χ0v) is 13.8. The fourth-order valence-corrected chi connectivity index (χ4v) is 3.46. The molecule has 0 aromatic heterocycles. The molecule has 0 spiro atoms. The van der Waals surface area contributed by atoms with Gasteiger partial charge in [-0.2, -0.15) is 0 Å². The van der Waals surface area contributed by atoms with Crippen LogP contribution in [0.1, 0.15) is 19.4 Å². The zero-order valence-electron chi connectivity index (χ0n) is 11.3. The Bertz CT molecular complexity index is 398. The number of alkyl halides is 1. The van der Waals surface area contributed by atoms with Gasteiger partial charge in [-0.1, -0.05) is 28.1 Å². The monoisotopic (exact) mass is 350 g/mol. The van der Waals surface area contributed by atoms with Crippen molar-refractivity contribution in [2.75, 3.05) is 25.2 Å². The Hall–Kier alpha value is -0.350. The van der Waals surface area contributed by atoms with E-state index in [4.69, 9.17) is 13.8 Å². The number of halogens is 1. The molecule has 0 aliphatic heterocycles. The first-order chi connectivity index (χ1) is 9.13. The van der Waals surface area contributed by atoms with E-state index in [1.807, 2.05) is 38.1 Å². The van der Waals surface area contributed by atoms with Gasteiger partial charge < -0.3 is 13.8 Å². The Kier molecular flexibility index (Phi) is 7.69. The molecular formula is C13H20BrO4P. The average molecular weight is 351 g/mol. The van der Waals surface area contributed by atoms with Gasteiger partial charge in [0.25, 0.3) is 0 Å². The van der Waals surface area contributed by atoms with E-state index in [9.17, 15) is 4.57 Å². The summed E-state index contributed by atoms with van der Waals surface area (Å²) in [5, 5.41) is 0.790. The highest BCUT2D eigenvalue weighted by atomic mass is 79.9. The number of rotatable bonds is 9. The number of hydrogen-bond donors (Lipinski definition) is 0. The highest BCUT2D eigenvalue weighted by Gasteiger charge is 2.23. The lowest BCUT2D eigenvalue weighted by atomic mass is 10.2. The summed E-state index contributed by atoms with van der Waals surface area (Å²) in [6.07, 6.45) is 0.285. The first-order valence-electron chi connectivity index (χ1n) is 6.29. The zero-order chi connectivity index (χ0) is 14.1. The first-order valence-corrected chi connectivity index (χ1v) is 9.14. The number of benzene rings is 1. The molecule has 0 aliphatic rings. The summed E-state index contributed by atoms with van der Waals surface area (Å²) in [6.45, 7) is 4.99. The summed E-state index contributed by atoms with van der Waals surface area (Å²) in [5.74, 6) is 0.797. The minimum atomic E-state index is -3.03. The van der Waals surface area contributed by atoms with Crippen LogP contribution in [0.2, 0.25) is 0 Å². The second-order valence-corrected chi connectivity index (χ2v) is 6.63. The first kappa shape index (κ1) is 16.7. The standard InChI is InChI=1S/C13H20BrO4P/c1-3-17-19(15,18-4-2)11-12-5-7-13(8-6-12)16-10-9-14/h5-8H,3-4,9-11H2,1-2H3. The van der Waals surface area contributed by atoms with Gasteiger partial charge in [-0.15, -0.1) is 0 Å². The molecule has 0 fully saturated rings. The van der Waals surface area contributed by atoms with Gasteiger partial charge >= 0.3 is 7.60 Å². The summed E-state index contributed by atoms with van der Waals surface area (Å²) in [4.78, 5) is 0. The Labute approximate surface area is 123 Å². The molecule has 0 amide bonds. The second-order valence-electron chi connectivity index (χ2n) is 3.79. The molecule has 0 heterocycles. The van der Waals surface area contributed by atoms with Gasteiger partial charge in [0.05, 0.1) is 26.0 Å². The lowest BCUT2D eigenvalue weighted by Gasteiger charge is -2.17. The van der Waals surface area contributed by atoms with E-state index < -0.39 is 7.60 Å². The van der Waals surface area contributed by atoms with E-state index in [2.05, 4.69) is 15.9 Å². The molecule has 0 radical (unpaired) electrons. The van der Waals surface area contributed by atoms with Gasteiger partial charge in [-0.25, -0.2) is 0 Å². The Balaban J connectivity index is 2.66. The van der Waals surface area contributed by atoms with Gasteiger partial charge in [0.15, 0.2) is 0 Å². The van der Waals surface area contributed by atoms with E-state index in [0.717, 1.165) is 16.6 Å². The number of ether oxygens (including phenoxy) is 1. The molecule has 19 heavy (non-hydrogen) atoms. The molecule has 0 saturated heterocycles. The van der Waals surface area contributed by atoms with Gasteiger partial charge in [0.1, 0.15) is 5.75 Å². The summed E-state index contributed by atoms with van der Waals surface area (Å²) in [5.41, 5.74) is 0.913. The quantitative estimate of drug-likeness (QED) is 0.493. The molecular weight excluding hydrogens is 331 g/mol. The van der Waals surface area contributed by atoms with Crippen LogP contribution >= 0.6 is 23.5 Å². The molecule has 4 nitrogen and oxygen atoms in total. The minimum Gasteiger partial charge on any atom is -0.493 e. The Morgan fingerprint density at radius 2 is 1.68 bits per heavy atom. The van der Waals surface area contributed by atoms with Gasteiger partial charge in [-0.05, 0) is 31.5 Å². The van der Waals surface area contributed by atoms with Crippen molar-refractivity contribution in [3.05, 3.63) is 29.8 Å². The van der Waals surface area contributed by atoms with Crippen molar-refractivity contribution in [2.24, 2.45) is 0 Å². The van der Waals surface area contributed by atoms with E-state index in [-0.39, 0.29) is 6.16 Å². The van der Waals surface area contributed by atoms with Crippen LogP contribution in [-0.2, 0) is 19.8 Å². The molecule has 1 aromatic rings. The molecule has 1 aromatic carbocycles. The summed E-state index contributed by atoms with van der Waals surface area (Å²) in [7, 11) is -3.03. The Morgan fingerprint density at radius 3 is 2.16 bits per heavy atom. The van der Waals surface area contributed by atoms with Gasteiger partial charge in [-0.3, -0.25) is 4.57 Å². The smallest absolute Gasteiger partial charge is 0.335 e. The van der Waals surface area contributed by atoms with Crippen molar-refractivity contribution in [2.45, 2.75) is 20.0 Å². The largest absolute Gasteiger partial charge is 0.493 e. The summed E-state index contributed by atoms with van der Waals surface area (Å²) < 4.78 is 28.3. The van der Waals surface area contributed by atoms with Crippen LogP contribution in [0, 0.1) is 0 Å². The molecule has 0 atom stereocenters. The molecule has 0 unspecified atom stereocenters. The van der Waals surface area contributed by atoms with Crippen molar-refractivity contribution < 1.29 is 18.3 Å². The van der Waals surface area contributed by atoms with E-state index in [1.165, 1.54) is 0 Å². The van der Waals surface area contributed by atoms with Crippen LogP contribution in [-0.4, -0.2) is 25.2 Å². The van der Waals surface area contributed by atoms with E-state index in [0.29, 0.717) is 19.8 Å². The van der Waals surface area contributed by atoms with Crippen LogP contribution < -0.4 is 4.74 Å². The molecule has 0 N–H and O–H groups in total. The van der Waals surface area contributed by atoms with Crippen LogP contribution in [0.4, 0.5) is 0 Å². The molecule has 1 rings (SSSR count). The maximum absolute atomic E-state index is 12.4. The molecule has 0 bridgehead atoms. The summed E-state index contributed by atoms with van der Waals surface area (Å²) >= 11 is 3.30. The van der Waals surface area contributed by atoms with Crippen LogP contribution in [0.15, 0.2) is 24.3 Å². The maximum atomic E-state index is 12.4. The Morgan fingerprint density at radius 1 is 1.11 bits per heavy atom. The predicted octanol–water partition coefficient (Wildman–Crippen LogP) is 4.23. The molecule has 0 saturated carbocycles. The SMILES string of the molecule is CCOP(=O)(Cc1ccc(OCCBr)cc1)OCC. The third-order valence-electron chi connectivity index (χ3n) is 2.30.